The molecule has 150 valence electrons. The quantitative estimate of drug-likeness (QED) is 0.691. The van der Waals surface area contributed by atoms with Crippen molar-refractivity contribution in [2.75, 3.05) is 11.0 Å². The minimum Gasteiger partial charge on any atom is -0.386 e. The van der Waals surface area contributed by atoms with Gasteiger partial charge in [-0.15, -0.1) is 0 Å². The Balaban J connectivity index is 1.48. The minimum atomic E-state index is -3.29. The molecule has 28 heavy (non-hydrogen) atoms. The maximum atomic E-state index is 13.6. The normalized spacial score (nSPS) is 27.7. The van der Waals surface area contributed by atoms with Crippen LogP contribution in [-0.4, -0.2) is 30.9 Å². The molecule has 2 heterocycles. The number of rotatable bonds is 6. The first-order valence-corrected chi connectivity index (χ1v) is 11.4. The fourth-order valence-corrected chi connectivity index (χ4v) is 5.37. The van der Waals surface area contributed by atoms with Crippen molar-refractivity contribution in [3.63, 3.8) is 0 Å². The van der Waals surface area contributed by atoms with Crippen LogP contribution in [-0.2, 0) is 16.4 Å². The van der Waals surface area contributed by atoms with Gasteiger partial charge in [-0.25, -0.2) is 12.8 Å². The number of fused-ring (bicyclic) bond motifs is 2. The van der Waals surface area contributed by atoms with Gasteiger partial charge in [-0.2, -0.15) is 0 Å². The topological polar surface area (TPSA) is 78.4 Å². The highest BCUT2D eigenvalue weighted by atomic mass is 32.2. The van der Waals surface area contributed by atoms with Crippen LogP contribution in [0, 0.1) is 5.82 Å². The number of benzene rings is 2. The lowest BCUT2D eigenvalue weighted by molar-refractivity contribution is 0.0734. The number of nitrogens with one attached hydrogen (secondary N) is 2. The number of halogens is 1. The molecule has 5 nitrogen and oxygen atoms in total. The fourth-order valence-electron chi connectivity index (χ4n) is 4.81. The summed E-state index contributed by atoms with van der Waals surface area (Å²) in [5, 5.41) is 14.6. The first kappa shape index (κ1) is 19.4. The Morgan fingerprint density at radius 2 is 1.82 bits per heavy atom. The van der Waals surface area contributed by atoms with Gasteiger partial charge in [0.25, 0.3) is 0 Å². The fraction of sp³-hybridized carbons (Fsp3) is 0.429. The average molecular weight is 405 g/mol. The lowest BCUT2D eigenvalue weighted by Gasteiger charge is -2.32. The molecule has 2 aliphatic rings. The molecule has 7 heteroatoms. The number of sulfonamides is 1. The minimum absolute atomic E-state index is 0.0833. The van der Waals surface area contributed by atoms with Gasteiger partial charge in [0, 0.05) is 16.8 Å². The van der Waals surface area contributed by atoms with Gasteiger partial charge in [0.1, 0.15) is 5.82 Å². The maximum absolute atomic E-state index is 13.6. The maximum Gasteiger partial charge on any atom is 0.229 e. The molecule has 0 radical (unpaired) electrons. The molecule has 2 fully saturated rings. The smallest absolute Gasteiger partial charge is 0.229 e. The van der Waals surface area contributed by atoms with E-state index in [2.05, 4.69) is 10.0 Å². The lowest BCUT2D eigenvalue weighted by atomic mass is 9.76. The Morgan fingerprint density at radius 3 is 2.43 bits per heavy atom. The molecule has 1 atom stereocenters. The van der Waals surface area contributed by atoms with E-state index in [0.29, 0.717) is 11.3 Å². The molecule has 1 unspecified atom stereocenters. The molecule has 3 N–H and O–H groups in total. The van der Waals surface area contributed by atoms with Crippen molar-refractivity contribution in [3.05, 3.63) is 65.5 Å². The standard InChI is InChI=1S/C21H25FN2O3S/c1-28(26,27)23-18-7-5-15(6-8-18)14-20-9-11-21(24-20,12-10-20)19(25)16-3-2-4-17(22)13-16/h2-8,13,19,23-25H,9-12,14H2,1H3. The summed E-state index contributed by atoms with van der Waals surface area (Å²) in [5.74, 6) is -0.335. The Kier molecular flexibility index (Phi) is 4.72. The Morgan fingerprint density at radius 1 is 1.14 bits per heavy atom. The van der Waals surface area contributed by atoms with Crippen LogP contribution in [0.4, 0.5) is 10.1 Å². The summed E-state index contributed by atoms with van der Waals surface area (Å²) in [5.41, 5.74) is 1.78. The summed E-state index contributed by atoms with van der Waals surface area (Å²) in [6.45, 7) is 0. The van der Waals surface area contributed by atoms with Crippen molar-refractivity contribution in [3.8, 4) is 0 Å². The van der Waals surface area contributed by atoms with Gasteiger partial charge in [-0.3, -0.25) is 4.72 Å². The number of hydrogen-bond acceptors (Lipinski definition) is 4. The first-order chi connectivity index (χ1) is 13.2. The van der Waals surface area contributed by atoms with E-state index in [9.17, 15) is 17.9 Å². The first-order valence-electron chi connectivity index (χ1n) is 9.48. The van der Waals surface area contributed by atoms with E-state index in [4.69, 9.17) is 0 Å². The zero-order valence-corrected chi connectivity index (χ0v) is 16.6. The summed E-state index contributed by atoms with van der Waals surface area (Å²) >= 11 is 0. The van der Waals surface area contributed by atoms with Crippen molar-refractivity contribution in [2.45, 2.75) is 49.3 Å². The SMILES string of the molecule is CS(=O)(=O)Nc1ccc(CC23CCC(C(O)c4cccc(F)c4)(CC2)N3)cc1. The van der Waals surface area contributed by atoms with E-state index in [1.165, 1.54) is 12.1 Å². The Hall–Kier alpha value is -1.96. The van der Waals surface area contributed by atoms with E-state index in [-0.39, 0.29) is 11.4 Å². The van der Waals surface area contributed by atoms with E-state index >= 15 is 0 Å². The number of anilines is 1. The van der Waals surface area contributed by atoms with Crippen molar-refractivity contribution < 1.29 is 17.9 Å². The molecule has 2 bridgehead atoms. The highest BCUT2D eigenvalue weighted by molar-refractivity contribution is 7.92. The highest BCUT2D eigenvalue weighted by Gasteiger charge is 2.56. The highest BCUT2D eigenvalue weighted by Crippen LogP contribution is 2.51. The largest absolute Gasteiger partial charge is 0.386 e. The van der Waals surface area contributed by atoms with Gasteiger partial charge >= 0.3 is 0 Å². The number of aliphatic hydroxyl groups excluding tert-OH is 1. The van der Waals surface area contributed by atoms with Crippen molar-refractivity contribution >= 4 is 15.7 Å². The van der Waals surface area contributed by atoms with E-state index in [0.717, 1.165) is 43.9 Å². The van der Waals surface area contributed by atoms with Gasteiger partial charge in [-0.1, -0.05) is 24.3 Å². The summed E-state index contributed by atoms with van der Waals surface area (Å²) in [7, 11) is -3.29. The third kappa shape index (κ3) is 3.79. The second kappa shape index (κ2) is 6.83. The zero-order valence-electron chi connectivity index (χ0n) is 15.8. The van der Waals surface area contributed by atoms with Crippen LogP contribution < -0.4 is 10.0 Å². The van der Waals surface area contributed by atoms with Crippen LogP contribution in [0.1, 0.15) is 42.9 Å². The zero-order chi connectivity index (χ0) is 20.0. The molecule has 2 saturated heterocycles. The summed E-state index contributed by atoms with van der Waals surface area (Å²) in [6, 6.07) is 13.6. The Labute approximate surface area is 165 Å². The molecule has 2 aromatic rings. The summed E-state index contributed by atoms with van der Waals surface area (Å²) in [6.07, 6.45) is 4.78. The molecule has 0 spiro atoms. The molecule has 4 rings (SSSR count). The van der Waals surface area contributed by atoms with Crippen LogP contribution in [0.25, 0.3) is 0 Å². The average Bonchev–Trinajstić information content (AvgIpc) is 3.19. The molecule has 2 aliphatic heterocycles. The third-order valence-electron chi connectivity index (χ3n) is 6.10. The van der Waals surface area contributed by atoms with Crippen molar-refractivity contribution in [2.24, 2.45) is 0 Å². The van der Waals surface area contributed by atoms with Crippen LogP contribution in [0.2, 0.25) is 0 Å². The van der Waals surface area contributed by atoms with Crippen molar-refractivity contribution in [1.29, 1.82) is 0 Å². The van der Waals surface area contributed by atoms with Gasteiger partial charge in [-0.05, 0) is 67.5 Å². The molecule has 0 aromatic heterocycles. The molecule has 2 aromatic carbocycles. The van der Waals surface area contributed by atoms with Crippen LogP contribution in [0.15, 0.2) is 48.5 Å². The second-order valence-electron chi connectivity index (χ2n) is 8.27. The number of aliphatic hydroxyl groups is 1. The molecule has 0 amide bonds. The Bertz CT molecular complexity index is 967. The van der Waals surface area contributed by atoms with Gasteiger partial charge in [0.2, 0.25) is 10.0 Å². The van der Waals surface area contributed by atoms with Crippen LogP contribution in [0.3, 0.4) is 0 Å². The van der Waals surface area contributed by atoms with E-state index < -0.39 is 21.7 Å². The predicted molar refractivity (Wildman–Crippen MR) is 107 cm³/mol. The lowest BCUT2D eigenvalue weighted by Crippen LogP contribution is -2.47. The number of hydrogen-bond donors (Lipinski definition) is 3. The summed E-state index contributed by atoms with van der Waals surface area (Å²) in [4.78, 5) is 0. The predicted octanol–water partition coefficient (Wildman–Crippen LogP) is 3.13. The second-order valence-corrected chi connectivity index (χ2v) is 10.0. The molecule has 0 aliphatic carbocycles. The van der Waals surface area contributed by atoms with E-state index in [1.54, 1.807) is 24.3 Å². The summed E-state index contributed by atoms with van der Waals surface area (Å²) < 4.78 is 38.7. The van der Waals surface area contributed by atoms with E-state index in [1.807, 2.05) is 12.1 Å². The van der Waals surface area contributed by atoms with Gasteiger partial charge in [0.05, 0.1) is 12.4 Å². The van der Waals surface area contributed by atoms with Gasteiger partial charge in [0.15, 0.2) is 0 Å². The molecule has 0 saturated carbocycles. The molecular formula is C21H25FN2O3S. The van der Waals surface area contributed by atoms with Crippen LogP contribution in [0.5, 0.6) is 0 Å². The van der Waals surface area contributed by atoms with Crippen LogP contribution >= 0.6 is 0 Å². The van der Waals surface area contributed by atoms with Crippen molar-refractivity contribution in [1.82, 2.24) is 5.32 Å². The third-order valence-corrected chi connectivity index (χ3v) is 6.71. The molecular weight excluding hydrogens is 379 g/mol. The van der Waals surface area contributed by atoms with Gasteiger partial charge < -0.3 is 10.4 Å². The monoisotopic (exact) mass is 404 g/mol.